The first-order valence-electron chi connectivity index (χ1n) is 5.17. The molecule has 2 rings (SSSR count). The van der Waals surface area contributed by atoms with Crippen LogP contribution in [0.5, 0.6) is 0 Å². The van der Waals surface area contributed by atoms with Crippen molar-refractivity contribution in [3.8, 4) is 0 Å². The largest absolute Gasteiger partial charge is 0.370 e. The number of nitrogens with two attached hydrogens (primary N) is 1. The number of halogens is 3. The Morgan fingerprint density at radius 3 is 2.76 bits per heavy atom. The summed E-state index contributed by atoms with van der Waals surface area (Å²) in [5, 5.41) is 2.55. The van der Waals surface area contributed by atoms with Crippen molar-refractivity contribution >= 4 is 35.6 Å². The van der Waals surface area contributed by atoms with E-state index in [-0.39, 0.29) is 35.6 Å². The summed E-state index contributed by atoms with van der Waals surface area (Å²) in [4.78, 5) is 4.05. The zero-order valence-electron chi connectivity index (χ0n) is 9.12. The van der Waals surface area contributed by atoms with Gasteiger partial charge < -0.3 is 11.1 Å². The van der Waals surface area contributed by atoms with Crippen molar-refractivity contribution in [3.05, 3.63) is 29.8 Å². The molecule has 6 heteroatoms. The standard InChI is InChI=1S/C11H13F2N3.HI/c12-8-3-4-9(13)10(5-8)16-11(14)15-6-7-1-2-7;/h3-5,7H,1-2,6H2,(H3,14,15,16);1H. The highest BCUT2D eigenvalue weighted by Crippen LogP contribution is 2.28. The molecule has 0 radical (unpaired) electrons. The van der Waals surface area contributed by atoms with E-state index in [1.165, 1.54) is 12.8 Å². The van der Waals surface area contributed by atoms with Crippen LogP contribution in [-0.2, 0) is 0 Å². The molecule has 0 aliphatic heterocycles. The average Bonchev–Trinajstić information content (AvgIpc) is 3.04. The van der Waals surface area contributed by atoms with E-state index in [4.69, 9.17) is 5.73 Å². The van der Waals surface area contributed by atoms with Gasteiger partial charge in [0.05, 0.1) is 5.69 Å². The zero-order valence-corrected chi connectivity index (χ0v) is 11.4. The molecule has 0 aromatic heterocycles. The lowest BCUT2D eigenvalue weighted by Crippen LogP contribution is -2.23. The molecule has 0 atom stereocenters. The number of aliphatic imine (C=N–C) groups is 1. The summed E-state index contributed by atoms with van der Waals surface area (Å²) in [6.07, 6.45) is 2.34. The zero-order chi connectivity index (χ0) is 11.5. The molecule has 1 aliphatic rings. The number of anilines is 1. The highest BCUT2D eigenvalue weighted by molar-refractivity contribution is 14.0. The minimum Gasteiger partial charge on any atom is -0.370 e. The fourth-order valence-corrected chi connectivity index (χ4v) is 1.30. The number of nitrogens with one attached hydrogen (secondary N) is 1. The summed E-state index contributed by atoms with van der Waals surface area (Å²) < 4.78 is 26.0. The molecule has 1 saturated carbocycles. The van der Waals surface area contributed by atoms with Crippen LogP contribution in [0.1, 0.15) is 12.8 Å². The summed E-state index contributed by atoms with van der Waals surface area (Å²) in [5.74, 6) is -0.334. The second-order valence-electron chi connectivity index (χ2n) is 3.92. The van der Waals surface area contributed by atoms with Crippen molar-refractivity contribution in [2.45, 2.75) is 12.8 Å². The molecule has 1 aliphatic carbocycles. The molecule has 1 fully saturated rings. The topological polar surface area (TPSA) is 50.4 Å². The fraction of sp³-hybridized carbons (Fsp3) is 0.364. The molecule has 0 saturated heterocycles. The minimum atomic E-state index is -0.550. The molecular formula is C11H14F2IN3. The second kappa shape index (κ2) is 6.13. The third-order valence-electron chi connectivity index (χ3n) is 2.41. The van der Waals surface area contributed by atoms with E-state index in [9.17, 15) is 8.78 Å². The van der Waals surface area contributed by atoms with Crippen LogP contribution in [-0.4, -0.2) is 12.5 Å². The molecule has 1 aromatic rings. The first-order chi connectivity index (χ1) is 7.65. The maximum atomic E-state index is 13.2. The van der Waals surface area contributed by atoms with Gasteiger partial charge in [0.1, 0.15) is 11.6 Å². The number of hydrogen-bond donors (Lipinski definition) is 2. The Labute approximate surface area is 116 Å². The Hall–Kier alpha value is -0.920. The highest BCUT2D eigenvalue weighted by atomic mass is 127. The quantitative estimate of drug-likeness (QED) is 0.499. The van der Waals surface area contributed by atoms with E-state index in [2.05, 4.69) is 10.3 Å². The third kappa shape index (κ3) is 4.45. The molecule has 3 N–H and O–H groups in total. The molecule has 17 heavy (non-hydrogen) atoms. The summed E-state index contributed by atoms with van der Waals surface area (Å²) in [5.41, 5.74) is 5.56. The van der Waals surface area contributed by atoms with E-state index >= 15 is 0 Å². The van der Waals surface area contributed by atoms with E-state index in [0.717, 1.165) is 18.2 Å². The average molecular weight is 353 g/mol. The minimum absolute atomic E-state index is 0. The van der Waals surface area contributed by atoms with Crippen molar-refractivity contribution in [2.75, 3.05) is 11.9 Å². The first-order valence-corrected chi connectivity index (χ1v) is 5.17. The van der Waals surface area contributed by atoms with Crippen LogP contribution in [0.3, 0.4) is 0 Å². The lowest BCUT2D eigenvalue weighted by Gasteiger charge is -2.06. The van der Waals surface area contributed by atoms with Crippen molar-refractivity contribution in [1.82, 2.24) is 0 Å². The predicted molar refractivity (Wildman–Crippen MR) is 74.6 cm³/mol. The van der Waals surface area contributed by atoms with E-state index in [1.54, 1.807) is 0 Å². The molecule has 0 bridgehead atoms. The molecule has 0 heterocycles. The molecule has 3 nitrogen and oxygen atoms in total. The lowest BCUT2D eigenvalue weighted by molar-refractivity contribution is 0.604. The van der Waals surface area contributed by atoms with Gasteiger partial charge in [0.25, 0.3) is 0 Å². The van der Waals surface area contributed by atoms with Crippen molar-refractivity contribution in [1.29, 1.82) is 0 Å². The van der Waals surface area contributed by atoms with E-state index < -0.39 is 11.6 Å². The fourth-order valence-electron chi connectivity index (χ4n) is 1.30. The van der Waals surface area contributed by atoms with Gasteiger partial charge in [0.15, 0.2) is 5.96 Å². The Balaban J connectivity index is 0.00000144. The summed E-state index contributed by atoms with van der Waals surface area (Å²) >= 11 is 0. The van der Waals surface area contributed by atoms with Crippen LogP contribution in [0.15, 0.2) is 23.2 Å². The Kier molecular flexibility index (Phi) is 5.10. The van der Waals surface area contributed by atoms with E-state index in [0.29, 0.717) is 12.5 Å². The third-order valence-corrected chi connectivity index (χ3v) is 2.41. The highest BCUT2D eigenvalue weighted by Gasteiger charge is 2.20. The van der Waals surface area contributed by atoms with Gasteiger partial charge in [-0.25, -0.2) is 8.78 Å². The summed E-state index contributed by atoms with van der Waals surface area (Å²) in [6.45, 7) is 0.649. The molecule has 0 amide bonds. The molecule has 94 valence electrons. The summed E-state index contributed by atoms with van der Waals surface area (Å²) in [6, 6.07) is 3.15. The molecule has 0 spiro atoms. The van der Waals surface area contributed by atoms with Gasteiger partial charge >= 0.3 is 0 Å². The summed E-state index contributed by atoms with van der Waals surface area (Å²) in [7, 11) is 0. The van der Waals surface area contributed by atoms with Crippen molar-refractivity contribution in [3.63, 3.8) is 0 Å². The van der Waals surface area contributed by atoms with Gasteiger partial charge in [-0.15, -0.1) is 24.0 Å². The van der Waals surface area contributed by atoms with Gasteiger partial charge in [-0.05, 0) is 30.9 Å². The van der Waals surface area contributed by atoms with Gasteiger partial charge in [-0.2, -0.15) is 0 Å². The normalized spacial score (nSPS) is 15.3. The second-order valence-corrected chi connectivity index (χ2v) is 3.92. The maximum absolute atomic E-state index is 13.2. The lowest BCUT2D eigenvalue weighted by atomic mass is 10.3. The monoisotopic (exact) mass is 353 g/mol. The van der Waals surface area contributed by atoms with Crippen LogP contribution in [0.4, 0.5) is 14.5 Å². The van der Waals surface area contributed by atoms with Gasteiger partial charge in [0, 0.05) is 12.6 Å². The molecule has 1 aromatic carbocycles. The smallest absolute Gasteiger partial charge is 0.193 e. The number of rotatable bonds is 3. The van der Waals surface area contributed by atoms with Gasteiger partial charge in [0.2, 0.25) is 0 Å². The van der Waals surface area contributed by atoms with Crippen LogP contribution in [0.2, 0.25) is 0 Å². The van der Waals surface area contributed by atoms with Crippen LogP contribution >= 0.6 is 24.0 Å². The van der Waals surface area contributed by atoms with Crippen LogP contribution in [0.25, 0.3) is 0 Å². The predicted octanol–water partition coefficient (Wildman–Crippen LogP) is 2.72. The Bertz CT molecular complexity index is 419. The van der Waals surface area contributed by atoms with Crippen LogP contribution < -0.4 is 11.1 Å². The van der Waals surface area contributed by atoms with Crippen LogP contribution in [0, 0.1) is 17.6 Å². The SMILES string of the molecule is I.NC(=NCC1CC1)Nc1cc(F)ccc1F. The molecular weight excluding hydrogens is 339 g/mol. The number of guanidine groups is 1. The van der Waals surface area contributed by atoms with E-state index in [1.807, 2.05) is 0 Å². The Morgan fingerprint density at radius 2 is 2.12 bits per heavy atom. The number of hydrogen-bond acceptors (Lipinski definition) is 1. The first kappa shape index (κ1) is 14.1. The Morgan fingerprint density at radius 1 is 1.41 bits per heavy atom. The van der Waals surface area contributed by atoms with Crippen molar-refractivity contribution < 1.29 is 8.78 Å². The maximum Gasteiger partial charge on any atom is 0.193 e. The molecule has 0 unspecified atom stereocenters. The number of benzene rings is 1. The number of nitrogens with zero attached hydrogens (tertiary/aromatic N) is 1. The van der Waals surface area contributed by atoms with Gasteiger partial charge in [-0.3, -0.25) is 4.99 Å². The van der Waals surface area contributed by atoms with Gasteiger partial charge in [-0.1, -0.05) is 0 Å². The van der Waals surface area contributed by atoms with Crippen molar-refractivity contribution in [2.24, 2.45) is 16.6 Å².